The molecule has 1 aromatic carbocycles. The molecule has 0 fully saturated rings. The topological polar surface area (TPSA) is 64.1 Å². The number of hydrogen-bond donors (Lipinski definition) is 1. The van der Waals surface area contributed by atoms with E-state index in [1.54, 1.807) is 23.1 Å². The second-order valence-corrected chi connectivity index (χ2v) is 11.4. The van der Waals surface area contributed by atoms with Gasteiger partial charge in [0.2, 0.25) is 5.91 Å². The first-order chi connectivity index (χ1) is 15.4. The van der Waals surface area contributed by atoms with Crippen molar-refractivity contribution < 1.29 is 9.53 Å². The maximum atomic E-state index is 12.7. The molecule has 0 spiro atoms. The quantitative estimate of drug-likeness (QED) is 0.223. The number of hydrogen-bond acceptors (Lipinski definition) is 7. The molecule has 1 aliphatic rings. The van der Waals surface area contributed by atoms with Gasteiger partial charge in [-0.1, -0.05) is 55.6 Å². The zero-order chi connectivity index (χ0) is 22.7. The van der Waals surface area contributed by atoms with E-state index in [9.17, 15) is 4.79 Å². The summed E-state index contributed by atoms with van der Waals surface area (Å²) >= 11 is 4.89. The van der Waals surface area contributed by atoms with Crippen LogP contribution in [0, 0.1) is 6.92 Å². The standard InChI is InChI=1S/C24H29N3O2S3/c1-5-11-30-23-26-21(31-14-19(28)25-17-10-8-7-9-15(17)3)20-16-12-24(4,6-2)29-13-18(16)32-22(20)27-23/h7-10H,5-6,11-14H2,1-4H3,(H,25,28). The number of nitrogens with zero attached hydrogens (tertiary/aromatic N) is 2. The number of thioether (sulfide) groups is 2. The minimum atomic E-state index is -0.166. The SMILES string of the molecule is CCCSc1nc(SCC(=O)Nc2ccccc2C)c2c3c(sc2n1)COC(C)(CC)C3. The summed E-state index contributed by atoms with van der Waals surface area (Å²) < 4.78 is 6.17. The molecule has 32 heavy (non-hydrogen) atoms. The van der Waals surface area contributed by atoms with Gasteiger partial charge in [-0.25, -0.2) is 9.97 Å². The molecule has 0 radical (unpaired) electrons. The Kier molecular flexibility index (Phi) is 7.44. The number of amides is 1. The molecule has 0 saturated heterocycles. The highest BCUT2D eigenvalue weighted by Crippen LogP contribution is 2.43. The first kappa shape index (κ1) is 23.5. The van der Waals surface area contributed by atoms with Crippen molar-refractivity contribution in [3.8, 4) is 0 Å². The van der Waals surface area contributed by atoms with Crippen LogP contribution in [0.1, 0.15) is 49.6 Å². The molecule has 1 N–H and O–H groups in total. The van der Waals surface area contributed by atoms with E-state index in [0.717, 1.165) is 56.7 Å². The van der Waals surface area contributed by atoms with E-state index in [0.29, 0.717) is 12.4 Å². The number of carbonyl (C=O) groups excluding carboxylic acids is 1. The van der Waals surface area contributed by atoms with Crippen LogP contribution in [0.3, 0.4) is 0 Å². The summed E-state index contributed by atoms with van der Waals surface area (Å²) in [6.07, 6.45) is 2.87. The first-order valence-electron chi connectivity index (χ1n) is 11.0. The lowest BCUT2D eigenvalue weighted by Crippen LogP contribution is -2.33. The molecule has 1 atom stereocenters. The van der Waals surface area contributed by atoms with Crippen molar-refractivity contribution in [1.29, 1.82) is 0 Å². The predicted octanol–water partition coefficient (Wildman–Crippen LogP) is 6.47. The number of anilines is 1. The van der Waals surface area contributed by atoms with Gasteiger partial charge in [0.25, 0.3) is 0 Å². The molecule has 0 saturated carbocycles. The molecule has 1 aliphatic heterocycles. The molecule has 0 aliphatic carbocycles. The van der Waals surface area contributed by atoms with Crippen molar-refractivity contribution in [3.05, 3.63) is 40.3 Å². The van der Waals surface area contributed by atoms with Crippen LogP contribution in [-0.4, -0.2) is 33.0 Å². The van der Waals surface area contributed by atoms with E-state index in [1.165, 1.54) is 22.2 Å². The lowest BCUT2D eigenvalue weighted by atomic mass is 9.90. The lowest BCUT2D eigenvalue weighted by molar-refractivity contribution is -0.113. The van der Waals surface area contributed by atoms with Crippen LogP contribution in [0.25, 0.3) is 10.2 Å². The molecular formula is C24H29N3O2S3. The number of carbonyl (C=O) groups is 1. The molecule has 4 rings (SSSR count). The van der Waals surface area contributed by atoms with Crippen molar-refractivity contribution in [2.24, 2.45) is 0 Å². The van der Waals surface area contributed by atoms with Gasteiger partial charge in [0, 0.05) is 28.1 Å². The number of aryl methyl sites for hydroxylation is 1. The summed E-state index contributed by atoms with van der Waals surface area (Å²) in [4.78, 5) is 24.7. The maximum Gasteiger partial charge on any atom is 0.234 e. The highest BCUT2D eigenvalue weighted by molar-refractivity contribution is 8.00. The Morgan fingerprint density at radius 1 is 1.25 bits per heavy atom. The van der Waals surface area contributed by atoms with Crippen molar-refractivity contribution in [2.45, 2.75) is 69.3 Å². The molecule has 3 aromatic rings. The smallest absolute Gasteiger partial charge is 0.234 e. The Morgan fingerprint density at radius 2 is 2.06 bits per heavy atom. The average molecular weight is 488 g/mol. The Balaban J connectivity index is 1.63. The summed E-state index contributed by atoms with van der Waals surface area (Å²) in [5, 5.41) is 5.84. The molecule has 1 unspecified atom stereocenters. The second-order valence-electron chi connectivity index (χ2n) is 8.26. The monoisotopic (exact) mass is 487 g/mol. The Labute approximate surface area is 202 Å². The molecule has 170 valence electrons. The third-order valence-corrected chi connectivity index (χ3v) is 8.85. The van der Waals surface area contributed by atoms with Gasteiger partial charge in [-0.15, -0.1) is 11.3 Å². The number of thiophene rings is 1. The maximum absolute atomic E-state index is 12.7. The molecule has 1 amide bonds. The van der Waals surface area contributed by atoms with E-state index in [-0.39, 0.29) is 11.5 Å². The van der Waals surface area contributed by atoms with Gasteiger partial charge in [0.05, 0.1) is 18.0 Å². The van der Waals surface area contributed by atoms with Crippen LogP contribution in [0.5, 0.6) is 0 Å². The molecule has 5 nitrogen and oxygen atoms in total. The molecule has 8 heteroatoms. The summed E-state index contributed by atoms with van der Waals surface area (Å²) in [7, 11) is 0. The number of nitrogens with one attached hydrogen (secondary N) is 1. The molecule has 2 aromatic heterocycles. The highest BCUT2D eigenvalue weighted by Gasteiger charge is 2.33. The summed E-state index contributed by atoms with van der Waals surface area (Å²) in [5.74, 6) is 1.26. The van der Waals surface area contributed by atoms with E-state index in [2.05, 4.69) is 26.1 Å². The zero-order valence-corrected chi connectivity index (χ0v) is 21.4. The number of fused-ring (bicyclic) bond motifs is 3. The Morgan fingerprint density at radius 3 is 2.81 bits per heavy atom. The summed E-state index contributed by atoms with van der Waals surface area (Å²) in [5.41, 5.74) is 3.04. The van der Waals surface area contributed by atoms with Gasteiger partial charge >= 0.3 is 0 Å². The molecule has 0 bridgehead atoms. The number of benzene rings is 1. The van der Waals surface area contributed by atoms with Gasteiger partial charge in [-0.05, 0) is 43.9 Å². The fourth-order valence-corrected chi connectivity index (χ4v) is 6.48. The van der Waals surface area contributed by atoms with Crippen LogP contribution < -0.4 is 5.32 Å². The van der Waals surface area contributed by atoms with E-state index in [1.807, 2.05) is 31.2 Å². The third-order valence-electron chi connectivity index (χ3n) is 5.73. The minimum Gasteiger partial charge on any atom is -0.369 e. The number of ether oxygens (including phenoxy) is 1. The predicted molar refractivity (Wildman–Crippen MR) is 136 cm³/mol. The average Bonchev–Trinajstić information content (AvgIpc) is 3.15. The highest BCUT2D eigenvalue weighted by atomic mass is 32.2. The normalized spacial score (nSPS) is 18.0. The van der Waals surface area contributed by atoms with Crippen molar-refractivity contribution in [2.75, 3.05) is 16.8 Å². The van der Waals surface area contributed by atoms with Crippen LogP contribution in [0.4, 0.5) is 5.69 Å². The van der Waals surface area contributed by atoms with E-state index in [4.69, 9.17) is 14.7 Å². The van der Waals surface area contributed by atoms with E-state index >= 15 is 0 Å². The fourth-order valence-electron chi connectivity index (χ4n) is 3.64. The first-order valence-corrected chi connectivity index (χ1v) is 13.8. The van der Waals surface area contributed by atoms with Crippen molar-refractivity contribution >= 4 is 56.7 Å². The third kappa shape index (κ3) is 5.14. The summed E-state index contributed by atoms with van der Waals surface area (Å²) in [6, 6.07) is 7.84. The minimum absolute atomic E-state index is 0.0235. The van der Waals surface area contributed by atoms with Gasteiger partial charge < -0.3 is 10.1 Å². The van der Waals surface area contributed by atoms with Crippen molar-refractivity contribution in [3.63, 3.8) is 0 Å². The fraction of sp³-hybridized carbons (Fsp3) is 0.458. The number of rotatable bonds is 8. The molecule has 3 heterocycles. The zero-order valence-electron chi connectivity index (χ0n) is 19.0. The molecular weight excluding hydrogens is 458 g/mol. The number of para-hydroxylation sites is 1. The van der Waals surface area contributed by atoms with Gasteiger partial charge in [0.15, 0.2) is 5.16 Å². The van der Waals surface area contributed by atoms with E-state index < -0.39 is 0 Å². The van der Waals surface area contributed by atoms with Crippen LogP contribution >= 0.6 is 34.9 Å². The number of aromatic nitrogens is 2. The Hall–Kier alpha value is -1.61. The van der Waals surface area contributed by atoms with Gasteiger partial charge in [0.1, 0.15) is 9.86 Å². The lowest BCUT2D eigenvalue weighted by Gasteiger charge is -2.33. The van der Waals surface area contributed by atoms with Crippen LogP contribution in [0.2, 0.25) is 0 Å². The van der Waals surface area contributed by atoms with Crippen molar-refractivity contribution in [1.82, 2.24) is 9.97 Å². The van der Waals surface area contributed by atoms with Crippen LogP contribution in [0.15, 0.2) is 34.4 Å². The second kappa shape index (κ2) is 10.1. The Bertz CT molecular complexity index is 1130. The van der Waals surface area contributed by atoms with Crippen LogP contribution in [-0.2, 0) is 22.6 Å². The summed E-state index contributed by atoms with van der Waals surface area (Å²) in [6.45, 7) is 9.12. The largest absolute Gasteiger partial charge is 0.369 e. The van der Waals surface area contributed by atoms with Gasteiger partial charge in [-0.3, -0.25) is 4.79 Å². The van der Waals surface area contributed by atoms with Gasteiger partial charge in [-0.2, -0.15) is 0 Å².